The molecule has 0 bridgehead atoms. The van der Waals surface area contributed by atoms with Crippen molar-refractivity contribution >= 4 is 24.7 Å². The van der Waals surface area contributed by atoms with Crippen molar-refractivity contribution in [3.8, 4) is 0 Å². The van der Waals surface area contributed by atoms with Crippen molar-refractivity contribution < 1.29 is 22.3 Å². The second-order valence-electron chi connectivity index (χ2n) is 0. The molecule has 0 aliphatic rings. The van der Waals surface area contributed by atoms with Gasteiger partial charge < -0.3 is 0 Å². The van der Waals surface area contributed by atoms with Gasteiger partial charge in [0.05, 0.1) is 0 Å². The van der Waals surface area contributed by atoms with Crippen LogP contribution in [0.1, 0.15) is 0 Å². The topological polar surface area (TPSA) is 34.1 Å². The number of hydrogen-bond donors (Lipinski definition) is 0. The zero-order chi connectivity index (χ0) is 4.00. The van der Waals surface area contributed by atoms with Crippen molar-refractivity contribution in [1.82, 2.24) is 0 Å². The van der Waals surface area contributed by atoms with Crippen LogP contribution < -0.4 is 0 Å². The van der Waals surface area contributed by atoms with Gasteiger partial charge in [-0.1, -0.05) is 0 Å². The van der Waals surface area contributed by atoms with E-state index in [4.69, 9.17) is 6.68 Å². The van der Waals surface area contributed by atoms with Gasteiger partial charge in [-0.3, -0.25) is 0 Å². The van der Waals surface area contributed by atoms with Crippen molar-refractivity contribution in [2.24, 2.45) is 0 Å². The molecule has 0 aliphatic heterocycles. The molecule has 4 heavy (non-hydrogen) atoms. The van der Waals surface area contributed by atoms with Crippen molar-refractivity contribution in [3.05, 3.63) is 0 Å². The molecule has 4 heteroatoms. The van der Waals surface area contributed by atoms with Crippen molar-refractivity contribution in [3.63, 3.8) is 0 Å². The van der Waals surface area contributed by atoms with Crippen LogP contribution in [-0.4, -0.2) is 24.7 Å². The Hall–Kier alpha value is 0.990. The van der Waals surface area contributed by atoms with Gasteiger partial charge in [-0.25, -0.2) is 0 Å². The Balaban J connectivity index is 0. The Bertz CT molecular complexity index is 8.00. The average molecular weight is 301 g/mol. The minimum atomic E-state index is 0.0556. The normalized spacial score (nSPS) is 2.25. The Morgan fingerprint density at radius 1 is 1.25 bits per heavy atom. The SMILES string of the molecule is [O]=[BiH].[O]=[Co]. The molecule has 0 amide bonds. The molecule has 0 saturated heterocycles. The van der Waals surface area contributed by atoms with Gasteiger partial charge in [0.25, 0.3) is 0 Å². The van der Waals surface area contributed by atoms with E-state index in [9.17, 15) is 0 Å². The van der Waals surface area contributed by atoms with Gasteiger partial charge in [0, 0.05) is 0 Å². The quantitative estimate of drug-likeness (QED) is 0.544. The molecule has 0 radical (unpaired) electrons. The molecule has 0 aromatic heterocycles. The van der Waals surface area contributed by atoms with Gasteiger partial charge in [-0.05, 0) is 0 Å². The summed E-state index contributed by atoms with van der Waals surface area (Å²) in [6, 6.07) is 0. The zero-order valence-corrected chi connectivity index (χ0v) is 6.58. The Kier molecular flexibility index (Phi) is 80.9. The van der Waals surface area contributed by atoms with Crippen molar-refractivity contribution in [2.45, 2.75) is 0 Å². The van der Waals surface area contributed by atoms with Crippen LogP contribution >= 0.6 is 0 Å². The molecule has 0 aromatic carbocycles. The van der Waals surface area contributed by atoms with E-state index >= 15 is 0 Å². The zero-order valence-electron chi connectivity index (χ0n) is 1.65. The van der Waals surface area contributed by atoms with E-state index in [1.165, 1.54) is 0 Å². The van der Waals surface area contributed by atoms with Gasteiger partial charge in [0.2, 0.25) is 0 Å². The summed E-state index contributed by atoms with van der Waals surface area (Å²) in [6.07, 6.45) is 0. The van der Waals surface area contributed by atoms with E-state index in [0.29, 0.717) is 0 Å². The van der Waals surface area contributed by atoms with Crippen LogP contribution in [0, 0.1) is 0 Å². The molecular formula is HBiCoO2. The third-order valence-electron chi connectivity index (χ3n) is 0. The van der Waals surface area contributed by atoms with Gasteiger partial charge in [0.15, 0.2) is 0 Å². The first kappa shape index (κ1) is 8.89. The molecular weight excluding hydrogens is 300 g/mol. The first-order valence-electron chi connectivity index (χ1n) is 0.340. The molecule has 27 valence electrons. The third-order valence-corrected chi connectivity index (χ3v) is 0. The van der Waals surface area contributed by atoms with E-state index < -0.39 is 0 Å². The summed E-state index contributed by atoms with van der Waals surface area (Å²) in [5.41, 5.74) is 0. The van der Waals surface area contributed by atoms with Crippen LogP contribution in [0.3, 0.4) is 0 Å². The first-order valence-corrected chi connectivity index (χ1v) is 2.35. The summed E-state index contributed by atoms with van der Waals surface area (Å²) in [7, 11) is 0. The molecule has 0 aliphatic carbocycles. The van der Waals surface area contributed by atoms with Crippen LogP contribution in [0.15, 0.2) is 0 Å². The molecule has 0 saturated carbocycles. The third kappa shape index (κ3) is 12.1. The summed E-state index contributed by atoms with van der Waals surface area (Å²) in [4.78, 5) is 0. The maximum atomic E-state index is 8.39. The summed E-state index contributed by atoms with van der Waals surface area (Å²) < 4.78 is 16.3. The Morgan fingerprint density at radius 3 is 1.25 bits per heavy atom. The molecule has 0 atom stereocenters. The molecule has 2 nitrogen and oxygen atoms in total. The van der Waals surface area contributed by atoms with Crippen LogP contribution in [0.5, 0.6) is 0 Å². The van der Waals surface area contributed by atoms with E-state index in [1.54, 1.807) is 0 Å². The van der Waals surface area contributed by atoms with Gasteiger partial charge in [-0.15, -0.1) is 0 Å². The van der Waals surface area contributed by atoms with Gasteiger partial charge >= 0.3 is 47.1 Å². The van der Waals surface area contributed by atoms with Crippen molar-refractivity contribution in [1.29, 1.82) is 0 Å². The Morgan fingerprint density at radius 2 is 1.25 bits per heavy atom. The first-order chi connectivity index (χ1) is 2.00. The maximum absolute atomic E-state index is 8.39. The second-order valence-corrected chi connectivity index (χ2v) is 0. The van der Waals surface area contributed by atoms with Crippen LogP contribution in [0.25, 0.3) is 0 Å². The monoisotopic (exact) mass is 301 g/mol. The fourth-order valence-corrected chi connectivity index (χ4v) is 0. The molecule has 0 fully saturated rings. The summed E-state index contributed by atoms with van der Waals surface area (Å²) >= 11 is 2.37. The molecule has 0 rings (SSSR count). The van der Waals surface area contributed by atoms with E-state index in [2.05, 4.69) is 15.7 Å². The number of rotatable bonds is 0. The van der Waals surface area contributed by atoms with Gasteiger partial charge in [0.1, 0.15) is 0 Å². The molecule has 0 N–H and O–H groups in total. The molecule has 0 heterocycles. The number of hydrogen-bond acceptors (Lipinski definition) is 2. The van der Waals surface area contributed by atoms with Crippen molar-refractivity contribution in [2.75, 3.05) is 0 Å². The average Bonchev–Trinajstić information content (AvgIpc) is 1.50. The summed E-state index contributed by atoms with van der Waals surface area (Å²) in [5, 5.41) is 0. The fourth-order valence-electron chi connectivity index (χ4n) is 0. The predicted octanol–water partition coefficient (Wildman–Crippen LogP) is -0.889. The standard InChI is InChI=1S/Bi.Co.2O.H. The van der Waals surface area contributed by atoms with Crippen LogP contribution in [0.2, 0.25) is 0 Å². The van der Waals surface area contributed by atoms with Crippen LogP contribution in [-0.2, 0) is 22.3 Å². The molecule has 0 spiro atoms. The molecule has 0 unspecified atom stereocenters. The predicted molar refractivity (Wildman–Crippen MR) is 8.52 cm³/mol. The summed E-state index contributed by atoms with van der Waals surface area (Å²) in [5.74, 6) is 0. The second kappa shape index (κ2) is 36.4. The van der Waals surface area contributed by atoms with Crippen LogP contribution in [0.4, 0.5) is 0 Å². The van der Waals surface area contributed by atoms with E-state index in [1.807, 2.05) is 0 Å². The Labute approximate surface area is 47.0 Å². The minimum absolute atomic E-state index is 0.0556. The van der Waals surface area contributed by atoms with E-state index in [-0.39, 0.29) is 24.7 Å². The van der Waals surface area contributed by atoms with E-state index in [0.717, 1.165) is 0 Å². The molecule has 0 aromatic rings. The fraction of sp³-hybridized carbons (Fsp3) is 0. The van der Waals surface area contributed by atoms with Gasteiger partial charge in [-0.2, -0.15) is 0 Å². The summed E-state index contributed by atoms with van der Waals surface area (Å²) in [6.45, 7) is 0.